The van der Waals surface area contributed by atoms with Crippen LogP contribution in [-0.4, -0.2) is 28.0 Å². The summed E-state index contributed by atoms with van der Waals surface area (Å²) in [5, 5.41) is 3.34. The monoisotopic (exact) mass is 274 g/mol. The van der Waals surface area contributed by atoms with Crippen LogP contribution >= 0.6 is 11.3 Å². The molecule has 1 fully saturated rings. The molecule has 0 amide bonds. The Kier molecular flexibility index (Phi) is 3.73. The summed E-state index contributed by atoms with van der Waals surface area (Å²) in [4.78, 5) is 15.3. The Morgan fingerprint density at radius 2 is 2.11 bits per heavy atom. The summed E-state index contributed by atoms with van der Waals surface area (Å²) in [6.45, 7) is 4.19. The molecule has 3 heterocycles. The number of aryl methyl sites for hydroxylation is 1. The molecule has 0 saturated carbocycles. The zero-order valence-corrected chi connectivity index (χ0v) is 11.9. The lowest BCUT2D eigenvalue weighted by molar-refractivity contribution is 0.401. The molecule has 1 aliphatic heterocycles. The molecular formula is C14H18N4S. The third kappa shape index (κ3) is 3.10. The van der Waals surface area contributed by atoms with E-state index in [1.165, 1.54) is 17.8 Å². The van der Waals surface area contributed by atoms with Crippen LogP contribution in [0.1, 0.15) is 23.5 Å². The Morgan fingerprint density at radius 1 is 1.26 bits per heavy atom. The fourth-order valence-electron chi connectivity index (χ4n) is 2.58. The third-order valence-corrected chi connectivity index (χ3v) is 4.48. The lowest BCUT2D eigenvalue weighted by atomic mass is 9.94. The van der Waals surface area contributed by atoms with Gasteiger partial charge in [0, 0.05) is 42.8 Å². The van der Waals surface area contributed by atoms with Crippen molar-refractivity contribution in [3.8, 4) is 0 Å². The van der Waals surface area contributed by atoms with Crippen molar-refractivity contribution in [3.63, 3.8) is 0 Å². The zero-order valence-electron chi connectivity index (χ0n) is 11.1. The van der Waals surface area contributed by atoms with Gasteiger partial charge in [0.2, 0.25) is 0 Å². The Morgan fingerprint density at radius 3 is 2.79 bits per heavy atom. The van der Waals surface area contributed by atoms with Gasteiger partial charge in [0.1, 0.15) is 12.1 Å². The van der Waals surface area contributed by atoms with Crippen molar-refractivity contribution in [1.82, 2.24) is 15.0 Å². The maximum atomic E-state index is 4.38. The first kappa shape index (κ1) is 12.5. The molecule has 1 aliphatic rings. The predicted octanol–water partition coefficient (Wildman–Crippen LogP) is 2.70. The van der Waals surface area contributed by atoms with E-state index in [2.05, 4.69) is 31.3 Å². The third-order valence-electron chi connectivity index (χ3n) is 3.67. The summed E-state index contributed by atoms with van der Waals surface area (Å²) in [5.41, 5.74) is 1.04. The second-order valence-electron chi connectivity index (χ2n) is 5.08. The van der Waals surface area contributed by atoms with Crippen LogP contribution in [0.4, 0.5) is 5.82 Å². The van der Waals surface area contributed by atoms with Gasteiger partial charge in [0.05, 0.1) is 5.01 Å². The zero-order chi connectivity index (χ0) is 13.1. The molecule has 1 saturated heterocycles. The van der Waals surface area contributed by atoms with Crippen molar-refractivity contribution in [2.75, 3.05) is 18.0 Å². The molecule has 0 aromatic carbocycles. The molecule has 5 heteroatoms. The summed E-state index contributed by atoms with van der Waals surface area (Å²) < 4.78 is 0. The second kappa shape index (κ2) is 5.65. The summed E-state index contributed by atoms with van der Waals surface area (Å²) >= 11 is 1.77. The van der Waals surface area contributed by atoms with Crippen LogP contribution in [0, 0.1) is 12.8 Å². The molecule has 4 nitrogen and oxygen atoms in total. The number of rotatable bonds is 3. The van der Waals surface area contributed by atoms with Crippen LogP contribution in [0.3, 0.4) is 0 Å². The van der Waals surface area contributed by atoms with E-state index in [0.29, 0.717) is 0 Å². The van der Waals surface area contributed by atoms with Crippen LogP contribution in [-0.2, 0) is 6.42 Å². The van der Waals surface area contributed by atoms with E-state index >= 15 is 0 Å². The van der Waals surface area contributed by atoms with Gasteiger partial charge in [-0.05, 0) is 25.7 Å². The topological polar surface area (TPSA) is 41.9 Å². The number of hydrogen-bond donors (Lipinski definition) is 0. The average Bonchev–Trinajstić information content (AvgIpc) is 2.92. The summed E-state index contributed by atoms with van der Waals surface area (Å²) in [7, 11) is 0. The van der Waals surface area contributed by atoms with Crippen LogP contribution in [0.15, 0.2) is 24.0 Å². The van der Waals surface area contributed by atoms with Crippen LogP contribution < -0.4 is 4.90 Å². The fourth-order valence-corrected chi connectivity index (χ4v) is 3.31. The van der Waals surface area contributed by atoms with Gasteiger partial charge in [0.15, 0.2) is 0 Å². The lowest BCUT2D eigenvalue weighted by Crippen LogP contribution is -2.34. The van der Waals surface area contributed by atoms with Gasteiger partial charge >= 0.3 is 0 Å². The van der Waals surface area contributed by atoms with Gasteiger partial charge in [-0.25, -0.2) is 15.0 Å². The van der Waals surface area contributed by atoms with Crippen LogP contribution in [0.2, 0.25) is 0 Å². The maximum absolute atomic E-state index is 4.38. The standard InChI is InChI=1S/C14H18N4S/c1-11-8-13(17-10-16-11)18-5-2-12(3-6-18)9-14-15-4-7-19-14/h4,7-8,10,12H,2-3,5-6,9H2,1H3. The molecule has 3 rings (SSSR count). The second-order valence-corrected chi connectivity index (χ2v) is 6.06. The Bertz CT molecular complexity index is 518. The molecule has 100 valence electrons. The van der Waals surface area contributed by atoms with Gasteiger partial charge in [-0.1, -0.05) is 0 Å². The smallest absolute Gasteiger partial charge is 0.132 e. The highest BCUT2D eigenvalue weighted by Crippen LogP contribution is 2.25. The quantitative estimate of drug-likeness (QED) is 0.863. The van der Waals surface area contributed by atoms with Crippen molar-refractivity contribution in [1.29, 1.82) is 0 Å². The fraction of sp³-hybridized carbons (Fsp3) is 0.500. The number of thiazole rings is 1. The van der Waals surface area contributed by atoms with E-state index in [-0.39, 0.29) is 0 Å². The van der Waals surface area contributed by atoms with Crippen molar-refractivity contribution in [2.24, 2.45) is 5.92 Å². The first-order chi connectivity index (χ1) is 9.31. The first-order valence-electron chi connectivity index (χ1n) is 6.73. The molecular weight excluding hydrogens is 256 g/mol. The highest BCUT2D eigenvalue weighted by Gasteiger charge is 2.21. The molecule has 2 aromatic heterocycles. The molecule has 0 N–H and O–H groups in total. The van der Waals surface area contributed by atoms with Gasteiger partial charge < -0.3 is 4.90 Å². The summed E-state index contributed by atoms with van der Waals surface area (Å²) in [6.07, 6.45) is 7.14. The highest BCUT2D eigenvalue weighted by molar-refractivity contribution is 7.09. The van der Waals surface area contributed by atoms with E-state index in [1.54, 1.807) is 17.7 Å². The minimum Gasteiger partial charge on any atom is -0.356 e. The summed E-state index contributed by atoms with van der Waals surface area (Å²) in [5.74, 6) is 1.84. The normalized spacial score (nSPS) is 16.8. The average molecular weight is 274 g/mol. The minimum absolute atomic E-state index is 0.769. The Hall–Kier alpha value is -1.49. The van der Waals surface area contributed by atoms with Crippen molar-refractivity contribution >= 4 is 17.2 Å². The molecule has 0 bridgehead atoms. The van der Waals surface area contributed by atoms with E-state index in [0.717, 1.165) is 36.9 Å². The van der Waals surface area contributed by atoms with Crippen LogP contribution in [0.25, 0.3) is 0 Å². The molecule has 0 spiro atoms. The van der Waals surface area contributed by atoms with E-state index in [1.807, 2.05) is 13.1 Å². The van der Waals surface area contributed by atoms with E-state index < -0.39 is 0 Å². The maximum Gasteiger partial charge on any atom is 0.132 e. The number of nitrogens with zero attached hydrogens (tertiary/aromatic N) is 4. The molecule has 19 heavy (non-hydrogen) atoms. The van der Waals surface area contributed by atoms with Gasteiger partial charge in [0.25, 0.3) is 0 Å². The van der Waals surface area contributed by atoms with Gasteiger partial charge in [-0.15, -0.1) is 11.3 Å². The number of hydrogen-bond acceptors (Lipinski definition) is 5. The van der Waals surface area contributed by atoms with Crippen molar-refractivity contribution < 1.29 is 0 Å². The van der Waals surface area contributed by atoms with Crippen LogP contribution in [0.5, 0.6) is 0 Å². The molecule has 0 atom stereocenters. The highest BCUT2D eigenvalue weighted by atomic mass is 32.1. The Balaban J connectivity index is 1.57. The first-order valence-corrected chi connectivity index (χ1v) is 7.61. The van der Waals surface area contributed by atoms with E-state index in [4.69, 9.17) is 0 Å². The van der Waals surface area contributed by atoms with Crippen molar-refractivity contribution in [2.45, 2.75) is 26.2 Å². The summed E-state index contributed by atoms with van der Waals surface area (Å²) in [6, 6.07) is 2.07. The van der Waals surface area contributed by atoms with Gasteiger partial charge in [-0.3, -0.25) is 0 Å². The Labute approximate surface area is 117 Å². The molecule has 2 aromatic rings. The minimum atomic E-state index is 0.769. The van der Waals surface area contributed by atoms with Gasteiger partial charge in [-0.2, -0.15) is 0 Å². The van der Waals surface area contributed by atoms with Crippen molar-refractivity contribution in [3.05, 3.63) is 34.7 Å². The number of aromatic nitrogens is 3. The predicted molar refractivity (Wildman–Crippen MR) is 77.5 cm³/mol. The molecule has 0 aliphatic carbocycles. The largest absolute Gasteiger partial charge is 0.356 e. The number of anilines is 1. The SMILES string of the molecule is Cc1cc(N2CCC(Cc3nccs3)CC2)ncn1. The molecule has 0 radical (unpaired) electrons. The molecule has 0 unspecified atom stereocenters. The number of piperidine rings is 1. The van der Waals surface area contributed by atoms with E-state index in [9.17, 15) is 0 Å². The lowest BCUT2D eigenvalue weighted by Gasteiger charge is -2.32.